The molecule has 2 aromatic rings. The van der Waals surface area contributed by atoms with Crippen molar-refractivity contribution in [3.63, 3.8) is 0 Å². The lowest BCUT2D eigenvalue weighted by Gasteiger charge is -2.17. The molecule has 0 radical (unpaired) electrons. The van der Waals surface area contributed by atoms with Gasteiger partial charge in [-0.3, -0.25) is 4.90 Å². The fourth-order valence-electron chi connectivity index (χ4n) is 1.69. The number of nitrogens with zero attached hydrogens (tertiary/aromatic N) is 4. The van der Waals surface area contributed by atoms with Crippen LogP contribution in [0.25, 0.3) is 0 Å². The second-order valence-corrected chi connectivity index (χ2v) is 5.02. The minimum atomic E-state index is 0.413. The van der Waals surface area contributed by atoms with Crippen molar-refractivity contribution in [3.05, 3.63) is 46.2 Å². The van der Waals surface area contributed by atoms with Gasteiger partial charge < -0.3 is 4.57 Å². The average Bonchev–Trinajstić information content (AvgIpc) is 2.69. The Morgan fingerprint density at radius 2 is 2.06 bits per heavy atom. The third kappa shape index (κ3) is 3.22. The Hall–Kier alpha value is -1.10. The van der Waals surface area contributed by atoms with Crippen molar-refractivity contribution in [2.75, 3.05) is 7.05 Å². The molecule has 0 amide bonds. The first-order chi connectivity index (χ1) is 8.56. The quantitative estimate of drug-likeness (QED) is 0.810. The summed E-state index contributed by atoms with van der Waals surface area (Å²) in [5, 5.41) is 1.05. The number of halogens is 2. The van der Waals surface area contributed by atoms with Crippen LogP contribution in [0.2, 0.25) is 10.2 Å². The summed E-state index contributed by atoms with van der Waals surface area (Å²) in [6, 6.07) is 1.66. The van der Waals surface area contributed by atoms with E-state index >= 15 is 0 Å². The van der Waals surface area contributed by atoms with E-state index in [1.165, 1.54) is 0 Å². The summed E-state index contributed by atoms with van der Waals surface area (Å²) in [7, 11) is 3.99. The standard InChI is InChI=1S/C12H14Cl2N4/c1-17(8-12-15-3-4-18(12)2)7-9-6-16-11(14)5-10(9)13/h3-6H,7-8H2,1-2H3. The van der Waals surface area contributed by atoms with Crippen LogP contribution in [0.15, 0.2) is 24.7 Å². The minimum absolute atomic E-state index is 0.413. The second kappa shape index (κ2) is 5.69. The maximum absolute atomic E-state index is 6.11. The number of hydrogen-bond donors (Lipinski definition) is 0. The molecule has 0 aliphatic carbocycles. The highest BCUT2D eigenvalue weighted by Crippen LogP contribution is 2.20. The summed E-state index contributed by atoms with van der Waals surface area (Å²) in [5.41, 5.74) is 0.956. The van der Waals surface area contributed by atoms with E-state index in [9.17, 15) is 0 Å². The molecule has 0 fully saturated rings. The van der Waals surface area contributed by atoms with Gasteiger partial charge in [0.05, 0.1) is 6.54 Å². The zero-order valence-electron chi connectivity index (χ0n) is 10.3. The van der Waals surface area contributed by atoms with E-state index in [0.29, 0.717) is 16.7 Å². The molecular formula is C12H14Cl2N4. The summed E-state index contributed by atoms with van der Waals surface area (Å²) >= 11 is 11.9. The first kappa shape index (κ1) is 13.3. The highest BCUT2D eigenvalue weighted by Gasteiger charge is 2.08. The van der Waals surface area contributed by atoms with E-state index in [4.69, 9.17) is 23.2 Å². The second-order valence-electron chi connectivity index (χ2n) is 4.23. The van der Waals surface area contributed by atoms with Crippen LogP contribution in [0.4, 0.5) is 0 Å². The molecule has 2 aromatic heterocycles. The molecule has 4 nitrogen and oxygen atoms in total. The largest absolute Gasteiger partial charge is 0.337 e. The molecule has 0 unspecified atom stereocenters. The van der Waals surface area contributed by atoms with E-state index in [2.05, 4.69) is 14.9 Å². The van der Waals surface area contributed by atoms with E-state index in [-0.39, 0.29) is 0 Å². The van der Waals surface area contributed by atoms with Gasteiger partial charge >= 0.3 is 0 Å². The summed E-state index contributed by atoms with van der Waals surface area (Å²) in [4.78, 5) is 10.5. The summed E-state index contributed by atoms with van der Waals surface area (Å²) < 4.78 is 2.00. The number of aryl methyl sites for hydroxylation is 1. The highest BCUT2D eigenvalue weighted by molar-refractivity contribution is 6.34. The fraction of sp³-hybridized carbons (Fsp3) is 0.333. The molecule has 2 rings (SSSR count). The summed E-state index contributed by atoms with van der Waals surface area (Å²) in [5.74, 6) is 1.01. The van der Waals surface area contributed by atoms with E-state index in [1.807, 2.05) is 24.9 Å². The van der Waals surface area contributed by atoms with Crippen LogP contribution in [0.3, 0.4) is 0 Å². The number of pyridine rings is 1. The van der Waals surface area contributed by atoms with E-state index in [0.717, 1.165) is 17.9 Å². The van der Waals surface area contributed by atoms with Crippen molar-refractivity contribution >= 4 is 23.2 Å². The Balaban J connectivity index is 2.03. The Bertz CT molecular complexity index is 539. The Morgan fingerprint density at radius 3 is 2.67 bits per heavy atom. The molecule has 0 aliphatic heterocycles. The molecule has 0 spiro atoms. The van der Waals surface area contributed by atoms with Gasteiger partial charge in [-0.15, -0.1) is 0 Å². The van der Waals surface area contributed by atoms with Gasteiger partial charge in [-0.25, -0.2) is 9.97 Å². The van der Waals surface area contributed by atoms with Crippen molar-refractivity contribution in [1.29, 1.82) is 0 Å². The molecule has 96 valence electrons. The number of rotatable bonds is 4. The van der Waals surface area contributed by atoms with Gasteiger partial charge in [0.1, 0.15) is 11.0 Å². The lowest BCUT2D eigenvalue weighted by molar-refractivity contribution is 0.307. The monoisotopic (exact) mass is 284 g/mol. The predicted molar refractivity (Wildman–Crippen MR) is 72.6 cm³/mol. The molecular weight excluding hydrogens is 271 g/mol. The maximum atomic E-state index is 6.11. The maximum Gasteiger partial charge on any atom is 0.130 e. The van der Waals surface area contributed by atoms with Crippen LogP contribution in [-0.2, 0) is 20.1 Å². The first-order valence-electron chi connectivity index (χ1n) is 5.51. The highest BCUT2D eigenvalue weighted by atomic mass is 35.5. The Morgan fingerprint density at radius 1 is 1.28 bits per heavy atom. The van der Waals surface area contributed by atoms with Gasteiger partial charge in [0.2, 0.25) is 0 Å². The molecule has 0 aliphatic rings. The van der Waals surface area contributed by atoms with Crippen LogP contribution < -0.4 is 0 Å². The topological polar surface area (TPSA) is 34.0 Å². The number of imidazole rings is 1. The zero-order chi connectivity index (χ0) is 13.1. The molecule has 0 saturated heterocycles. The lowest BCUT2D eigenvalue weighted by atomic mass is 10.2. The number of aromatic nitrogens is 3. The van der Waals surface area contributed by atoms with Gasteiger partial charge in [0.25, 0.3) is 0 Å². The van der Waals surface area contributed by atoms with Crippen LogP contribution in [-0.4, -0.2) is 26.5 Å². The third-order valence-corrected chi connectivity index (χ3v) is 3.23. The normalized spacial score (nSPS) is 11.2. The van der Waals surface area contributed by atoms with Gasteiger partial charge in [-0.1, -0.05) is 23.2 Å². The van der Waals surface area contributed by atoms with Crippen molar-refractivity contribution in [3.8, 4) is 0 Å². The van der Waals surface area contributed by atoms with E-state index < -0.39 is 0 Å². The van der Waals surface area contributed by atoms with Crippen LogP contribution in [0.5, 0.6) is 0 Å². The number of hydrogen-bond acceptors (Lipinski definition) is 3. The SMILES string of the molecule is CN(Cc1cnc(Cl)cc1Cl)Cc1nccn1C. The molecule has 2 heterocycles. The summed E-state index contributed by atoms with van der Waals surface area (Å²) in [6.45, 7) is 1.46. The zero-order valence-corrected chi connectivity index (χ0v) is 11.8. The van der Waals surface area contributed by atoms with Crippen LogP contribution in [0, 0.1) is 0 Å². The van der Waals surface area contributed by atoms with Gasteiger partial charge in [-0.05, 0) is 13.1 Å². The van der Waals surface area contributed by atoms with Gasteiger partial charge in [-0.2, -0.15) is 0 Å². The molecule has 0 aromatic carbocycles. The van der Waals surface area contributed by atoms with Crippen molar-refractivity contribution < 1.29 is 0 Å². The fourth-order valence-corrected chi connectivity index (χ4v) is 2.11. The minimum Gasteiger partial charge on any atom is -0.337 e. The smallest absolute Gasteiger partial charge is 0.130 e. The van der Waals surface area contributed by atoms with Crippen molar-refractivity contribution in [2.45, 2.75) is 13.1 Å². The van der Waals surface area contributed by atoms with E-state index in [1.54, 1.807) is 18.5 Å². The van der Waals surface area contributed by atoms with Crippen LogP contribution in [0.1, 0.15) is 11.4 Å². The van der Waals surface area contributed by atoms with Gasteiger partial charge in [0.15, 0.2) is 0 Å². The Labute approximate surface area is 116 Å². The van der Waals surface area contributed by atoms with Crippen molar-refractivity contribution in [2.24, 2.45) is 7.05 Å². The molecule has 6 heteroatoms. The molecule has 0 saturated carbocycles. The lowest BCUT2D eigenvalue weighted by Crippen LogP contribution is -2.19. The first-order valence-corrected chi connectivity index (χ1v) is 6.26. The summed E-state index contributed by atoms with van der Waals surface area (Å²) in [6.07, 6.45) is 5.43. The predicted octanol–water partition coefficient (Wildman–Crippen LogP) is 2.75. The Kier molecular flexibility index (Phi) is 4.22. The third-order valence-electron chi connectivity index (χ3n) is 2.67. The molecule has 0 bridgehead atoms. The molecule has 18 heavy (non-hydrogen) atoms. The molecule has 0 atom stereocenters. The van der Waals surface area contributed by atoms with Gasteiger partial charge in [0, 0.05) is 42.8 Å². The van der Waals surface area contributed by atoms with Crippen LogP contribution >= 0.6 is 23.2 Å². The molecule has 0 N–H and O–H groups in total. The average molecular weight is 285 g/mol. The van der Waals surface area contributed by atoms with Crippen molar-refractivity contribution in [1.82, 2.24) is 19.4 Å².